The SMILES string of the molecule is COc1ccc(NC(=O)N2C[C@H](C)N(c3nc(N)nc4c3cnn4C)[C@@H](C)C2)c(C)n1. The lowest BCUT2D eigenvalue weighted by molar-refractivity contribution is 0.189. The van der Waals surface area contributed by atoms with E-state index in [1.165, 1.54) is 0 Å². The minimum Gasteiger partial charge on any atom is -0.481 e. The van der Waals surface area contributed by atoms with Gasteiger partial charge in [0.05, 0.1) is 30.1 Å². The minimum absolute atomic E-state index is 0.0160. The smallest absolute Gasteiger partial charge is 0.322 e. The first-order chi connectivity index (χ1) is 14.8. The van der Waals surface area contributed by atoms with Crippen molar-refractivity contribution in [3.05, 3.63) is 24.0 Å². The molecule has 3 aromatic heterocycles. The van der Waals surface area contributed by atoms with Crippen LogP contribution in [0.15, 0.2) is 18.3 Å². The van der Waals surface area contributed by atoms with Crippen molar-refractivity contribution in [1.82, 2.24) is 29.6 Å². The van der Waals surface area contributed by atoms with Gasteiger partial charge in [-0.2, -0.15) is 15.1 Å². The summed E-state index contributed by atoms with van der Waals surface area (Å²) in [5.74, 6) is 1.45. The summed E-state index contributed by atoms with van der Waals surface area (Å²) in [5, 5.41) is 8.10. The van der Waals surface area contributed by atoms with E-state index in [1.54, 1.807) is 35.0 Å². The number of aryl methyl sites for hydroxylation is 2. The molecule has 31 heavy (non-hydrogen) atoms. The van der Waals surface area contributed by atoms with Crippen molar-refractivity contribution in [3.63, 3.8) is 0 Å². The zero-order valence-corrected chi connectivity index (χ0v) is 18.3. The first-order valence-electron chi connectivity index (χ1n) is 10.1. The second kappa shape index (κ2) is 7.89. The number of nitrogens with two attached hydrogens (primary N) is 1. The minimum atomic E-state index is -0.165. The number of aromatic nitrogens is 5. The molecule has 11 heteroatoms. The van der Waals surface area contributed by atoms with Crippen molar-refractivity contribution in [1.29, 1.82) is 0 Å². The highest BCUT2D eigenvalue weighted by molar-refractivity contribution is 5.91. The molecule has 0 radical (unpaired) electrons. The van der Waals surface area contributed by atoms with Crippen LogP contribution >= 0.6 is 0 Å². The molecular weight excluding hydrogens is 398 g/mol. The maximum absolute atomic E-state index is 13.0. The second-order valence-corrected chi connectivity index (χ2v) is 7.84. The van der Waals surface area contributed by atoms with Gasteiger partial charge in [0.25, 0.3) is 0 Å². The molecule has 0 bridgehead atoms. The zero-order chi connectivity index (χ0) is 22.3. The Balaban J connectivity index is 1.54. The van der Waals surface area contributed by atoms with Crippen molar-refractivity contribution in [3.8, 4) is 5.88 Å². The molecule has 2 amide bonds. The Morgan fingerprint density at radius 1 is 1.19 bits per heavy atom. The number of nitrogens with one attached hydrogen (secondary N) is 1. The summed E-state index contributed by atoms with van der Waals surface area (Å²) in [4.78, 5) is 30.1. The van der Waals surface area contributed by atoms with Crippen LogP contribution in [0, 0.1) is 6.92 Å². The first-order valence-corrected chi connectivity index (χ1v) is 10.1. The summed E-state index contributed by atoms with van der Waals surface area (Å²) < 4.78 is 6.81. The van der Waals surface area contributed by atoms with E-state index in [0.29, 0.717) is 36.0 Å². The van der Waals surface area contributed by atoms with Gasteiger partial charge in [-0.25, -0.2) is 9.78 Å². The van der Waals surface area contributed by atoms with Crippen molar-refractivity contribution >= 4 is 34.5 Å². The molecule has 0 unspecified atom stereocenters. The summed E-state index contributed by atoms with van der Waals surface area (Å²) in [5.41, 5.74) is 8.01. The average Bonchev–Trinajstić information content (AvgIpc) is 3.09. The zero-order valence-electron chi connectivity index (χ0n) is 18.3. The van der Waals surface area contributed by atoms with Crippen molar-refractivity contribution < 1.29 is 9.53 Å². The highest BCUT2D eigenvalue weighted by Gasteiger charge is 2.34. The number of fused-ring (bicyclic) bond motifs is 1. The van der Waals surface area contributed by atoms with Crippen LogP contribution in [0.25, 0.3) is 11.0 Å². The number of carbonyl (C=O) groups is 1. The Kier molecular flexibility index (Phi) is 5.25. The number of nitrogen functional groups attached to an aromatic ring is 1. The van der Waals surface area contributed by atoms with Crippen LogP contribution in [0.4, 0.5) is 22.2 Å². The molecule has 3 aromatic rings. The summed E-state index contributed by atoms with van der Waals surface area (Å²) in [6.07, 6.45) is 1.75. The van der Waals surface area contributed by atoms with E-state index >= 15 is 0 Å². The molecule has 164 valence electrons. The maximum atomic E-state index is 13.0. The summed E-state index contributed by atoms with van der Waals surface area (Å²) >= 11 is 0. The number of hydrogen-bond acceptors (Lipinski definition) is 8. The number of rotatable bonds is 3. The molecule has 0 aromatic carbocycles. The van der Waals surface area contributed by atoms with Gasteiger partial charge in [-0.1, -0.05) is 0 Å². The van der Waals surface area contributed by atoms with E-state index in [4.69, 9.17) is 10.5 Å². The van der Waals surface area contributed by atoms with Crippen molar-refractivity contribution in [2.45, 2.75) is 32.9 Å². The average molecular weight is 425 g/mol. The standard InChI is InChI=1S/C20H27N9O2/c1-11-9-28(20(30)24-15-6-7-16(31-5)23-13(15)3)10-12(2)29(11)18-14-8-22-27(4)17(14)25-19(21)26-18/h6-8,11-12H,9-10H2,1-5H3,(H,24,30)(H2,21,25,26)/t11-,12-/m0/s1. The molecule has 0 spiro atoms. The monoisotopic (exact) mass is 425 g/mol. The molecular formula is C20H27N9O2. The molecule has 0 saturated carbocycles. The van der Waals surface area contributed by atoms with E-state index in [9.17, 15) is 4.79 Å². The largest absolute Gasteiger partial charge is 0.481 e. The van der Waals surface area contributed by atoms with Crippen LogP contribution < -0.4 is 20.7 Å². The number of anilines is 3. The highest BCUT2D eigenvalue weighted by atomic mass is 16.5. The van der Waals surface area contributed by atoms with E-state index < -0.39 is 0 Å². The fourth-order valence-corrected chi connectivity index (χ4v) is 4.10. The van der Waals surface area contributed by atoms with E-state index in [0.717, 1.165) is 11.2 Å². The Labute approximate surface area is 180 Å². The number of hydrogen-bond donors (Lipinski definition) is 2. The van der Waals surface area contributed by atoms with Crippen LogP contribution in [0.5, 0.6) is 5.88 Å². The van der Waals surface area contributed by atoms with Crippen LogP contribution in [0.1, 0.15) is 19.5 Å². The number of urea groups is 1. The normalized spacial score (nSPS) is 19.0. The molecule has 0 aliphatic carbocycles. The van der Waals surface area contributed by atoms with Gasteiger partial charge in [-0.05, 0) is 26.8 Å². The Bertz CT molecular complexity index is 1120. The molecule has 1 fully saturated rings. The fourth-order valence-electron chi connectivity index (χ4n) is 4.10. The van der Waals surface area contributed by atoms with Gasteiger partial charge < -0.3 is 25.6 Å². The van der Waals surface area contributed by atoms with Crippen LogP contribution in [-0.4, -0.2) is 67.9 Å². The van der Waals surface area contributed by atoms with Gasteiger partial charge >= 0.3 is 6.03 Å². The van der Waals surface area contributed by atoms with Gasteiger partial charge in [0.2, 0.25) is 11.8 Å². The summed E-state index contributed by atoms with van der Waals surface area (Å²) in [6.45, 7) is 7.03. The predicted molar refractivity (Wildman–Crippen MR) is 118 cm³/mol. The molecule has 2 atom stereocenters. The van der Waals surface area contributed by atoms with Crippen LogP contribution in [-0.2, 0) is 7.05 Å². The molecule has 1 aliphatic heterocycles. The summed E-state index contributed by atoms with van der Waals surface area (Å²) in [7, 11) is 3.39. The third-order valence-electron chi connectivity index (χ3n) is 5.55. The Morgan fingerprint density at radius 3 is 2.55 bits per heavy atom. The maximum Gasteiger partial charge on any atom is 0.322 e. The molecule has 4 heterocycles. The van der Waals surface area contributed by atoms with Gasteiger partial charge in [0.15, 0.2) is 5.65 Å². The van der Waals surface area contributed by atoms with Crippen LogP contribution in [0.2, 0.25) is 0 Å². The topological polar surface area (TPSA) is 127 Å². The Hall–Kier alpha value is -3.63. The number of carbonyl (C=O) groups excluding carboxylic acids is 1. The molecule has 1 aliphatic rings. The summed E-state index contributed by atoms with van der Waals surface area (Å²) in [6, 6.07) is 3.39. The molecule has 3 N–H and O–H groups in total. The molecule has 4 rings (SSSR count). The highest BCUT2D eigenvalue weighted by Crippen LogP contribution is 2.30. The first kappa shape index (κ1) is 20.6. The Morgan fingerprint density at radius 2 is 1.90 bits per heavy atom. The third kappa shape index (κ3) is 3.78. The third-order valence-corrected chi connectivity index (χ3v) is 5.55. The number of ether oxygens (including phenoxy) is 1. The lowest BCUT2D eigenvalue weighted by atomic mass is 10.1. The van der Waals surface area contributed by atoms with Gasteiger partial charge in [0.1, 0.15) is 5.82 Å². The molecule has 11 nitrogen and oxygen atoms in total. The lowest BCUT2D eigenvalue weighted by Gasteiger charge is -2.45. The number of piperazine rings is 1. The number of pyridine rings is 1. The van der Waals surface area contributed by atoms with E-state index in [-0.39, 0.29) is 24.1 Å². The van der Waals surface area contributed by atoms with Crippen LogP contribution in [0.3, 0.4) is 0 Å². The van der Waals surface area contributed by atoms with E-state index in [1.807, 2.05) is 14.0 Å². The van der Waals surface area contributed by atoms with Crippen molar-refractivity contribution in [2.75, 3.05) is 36.1 Å². The van der Waals surface area contributed by atoms with E-state index in [2.05, 4.69) is 44.1 Å². The predicted octanol–water partition coefficient (Wildman–Crippen LogP) is 1.79. The lowest BCUT2D eigenvalue weighted by Crippen LogP contribution is -2.59. The second-order valence-electron chi connectivity index (χ2n) is 7.84. The quantitative estimate of drug-likeness (QED) is 0.650. The number of nitrogens with zero attached hydrogens (tertiary/aromatic N) is 7. The fraction of sp³-hybridized carbons (Fsp3) is 0.450. The number of methoxy groups -OCH3 is 1. The number of amides is 2. The van der Waals surface area contributed by atoms with Crippen molar-refractivity contribution in [2.24, 2.45) is 7.05 Å². The van der Waals surface area contributed by atoms with Gasteiger partial charge in [-0.3, -0.25) is 4.68 Å². The van der Waals surface area contributed by atoms with Gasteiger partial charge in [-0.15, -0.1) is 0 Å². The molecule has 1 saturated heterocycles. The van der Waals surface area contributed by atoms with Gasteiger partial charge in [0, 0.05) is 38.3 Å².